The molecule has 0 unspecified atom stereocenters. The van der Waals surface area contributed by atoms with Gasteiger partial charge in [-0.2, -0.15) is 0 Å². The van der Waals surface area contributed by atoms with Crippen molar-refractivity contribution in [3.8, 4) is 0 Å². The average molecular weight is 805 g/mol. The molecule has 0 aliphatic carbocycles. The second-order valence-corrected chi connectivity index (χ2v) is 22.0. The molecule has 0 N–H and O–H groups in total. The van der Waals surface area contributed by atoms with Gasteiger partial charge in [0.05, 0.1) is 0 Å². The first-order chi connectivity index (χ1) is 20.5. The average Bonchev–Trinajstić information content (AvgIpc) is 2.98. The molecule has 13 heteroatoms. The van der Waals surface area contributed by atoms with Crippen molar-refractivity contribution in [1.82, 2.24) is 0 Å². The van der Waals surface area contributed by atoms with Crippen LogP contribution in [0.4, 0.5) is 0 Å². The molecular formula is C32H72MoO8P4. The van der Waals surface area contributed by atoms with E-state index in [1.165, 1.54) is 0 Å². The van der Waals surface area contributed by atoms with Gasteiger partial charge in [0.1, 0.15) is 0 Å². The summed E-state index contributed by atoms with van der Waals surface area (Å²) in [5.41, 5.74) is 0. The van der Waals surface area contributed by atoms with Gasteiger partial charge in [0.15, 0.2) is 0 Å². The normalized spacial score (nSPS) is 11.6. The summed E-state index contributed by atoms with van der Waals surface area (Å²) >= 11 is 0. The second kappa shape index (κ2) is 36.7. The first-order valence-electron chi connectivity index (χ1n) is 17.6. The molecule has 0 radical (unpaired) electrons. The summed E-state index contributed by atoms with van der Waals surface area (Å²) in [6.07, 6.45) is 17.6. The van der Waals surface area contributed by atoms with Crippen molar-refractivity contribution < 1.29 is 58.9 Å². The van der Waals surface area contributed by atoms with Gasteiger partial charge in [0.2, 0.25) is 0 Å². The van der Waals surface area contributed by atoms with Gasteiger partial charge in [0, 0.05) is 29.5 Å². The predicted molar refractivity (Wildman–Crippen MR) is 189 cm³/mol. The fourth-order valence-electron chi connectivity index (χ4n) is 3.64. The Labute approximate surface area is 294 Å². The molecule has 0 atom stereocenters. The van der Waals surface area contributed by atoms with Crippen molar-refractivity contribution in [2.45, 2.75) is 158 Å². The number of unbranched alkanes of at least 4 members (excludes halogenated alkanes) is 8. The molecule has 0 spiro atoms. The summed E-state index contributed by atoms with van der Waals surface area (Å²) in [5.74, 6) is 0. The smallest absolute Gasteiger partial charge is 0.799 e. The van der Waals surface area contributed by atoms with Crippen LogP contribution in [0.3, 0.4) is 0 Å². The molecule has 0 aliphatic rings. The Hall–Kier alpha value is 1.45. The van der Waals surface area contributed by atoms with E-state index in [2.05, 4.69) is 0 Å². The largest absolute Gasteiger partial charge is 4.00 e. The van der Waals surface area contributed by atoms with Crippen LogP contribution in [0.2, 0.25) is 0 Å². The van der Waals surface area contributed by atoms with E-state index in [1.54, 1.807) is 0 Å². The minimum Gasteiger partial charge on any atom is -0.799 e. The number of hydrogen-bond donors (Lipinski definition) is 0. The summed E-state index contributed by atoms with van der Waals surface area (Å²) in [4.78, 5) is 44.7. The van der Waals surface area contributed by atoms with E-state index in [1.807, 2.05) is 55.4 Å². The van der Waals surface area contributed by atoms with E-state index in [9.17, 15) is 37.8 Å². The minimum atomic E-state index is -2.98. The van der Waals surface area contributed by atoms with Crippen LogP contribution in [-0.4, -0.2) is 49.3 Å². The van der Waals surface area contributed by atoms with Crippen molar-refractivity contribution in [1.29, 1.82) is 0 Å². The molecule has 0 aliphatic heterocycles. The third-order valence-corrected chi connectivity index (χ3v) is 14.8. The topological polar surface area (TPSA) is 161 Å². The Morgan fingerprint density at radius 2 is 0.378 bits per heavy atom. The van der Waals surface area contributed by atoms with Crippen LogP contribution in [0.5, 0.6) is 0 Å². The summed E-state index contributed by atoms with van der Waals surface area (Å²) in [5, 5.41) is 0. The maximum absolute atomic E-state index is 11.2. The Morgan fingerprint density at radius 3 is 0.444 bits per heavy atom. The van der Waals surface area contributed by atoms with Gasteiger partial charge in [-0.1, -0.05) is 107 Å². The molecule has 0 heterocycles. The van der Waals surface area contributed by atoms with Crippen molar-refractivity contribution in [3.05, 3.63) is 0 Å². The van der Waals surface area contributed by atoms with Gasteiger partial charge in [-0.15, -0.1) is 0 Å². The van der Waals surface area contributed by atoms with Gasteiger partial charge < -0.3 is 37.8 Å². The maximum atomic E-state index is 11.2. The summed E-state index contributed by atoms with van der Waals surface area (Å²) in [6, 6.07) is 0. The Balaban J connectivity index is -0.000000157. The van der Waals surface area contributed by atoms with E-state index in [-0.39, 0.29) is 21.1 Å². The van der Waals surface area contributed by atoms with Crippen molar-refractivity contribution in [3.63, 3.8) is 0 Å². The van der Waals surface area contributed by atoms with Crippen LogP contribution in [0.1, 0.15) is 158 Å². The molecule has 0 saturated heterocycles. The van der Waals surface area contributed by atoms with E-state index in [0.717, 1.165) is 103 Å². The van der Waals surface area contributed by atoms with E-state index in [4.69, 9.17) is 0 Å². The Bertz CT molecular complexity index is 623. The summed E-state index contributed by atoms with van der Waals surface area (Å²) in [6.45, 7) is 16.1. The standard InChI is InChI=1S/4C8H19O2P.Mo/c4*1-3-5-7-11(9,10)8-6-4-2;/h4*3-8H2,1-2H3,(H,9,10);/q;;;;+4/p-4. The second-order valence-electron chi connectivity index (χ2n) is 11.9. The monoisotopic (exact) mass is 806 g/mol. The summed E-state index contributed by atoms with van der Waals surface area (Å²) in [7, 11) is -11.9. The third kappa shape index (κ3) is 49.9. The van der Waals surface area contributed by atoms with Crippen LogP contribution in [0.25, 0.3) is 0 Å². The molecule has 0 aromatic carbocycles. The van der Waals surface area contributed by atoms with Crippen LogP contribution in [-0.2, 0) is 39.3 Å². The fraction of sp³-hybridized carbons (Fsp3) is 1.00. The van der Waals surface area contributed by atoms with Gasteiger partial charge in [-0.05, 0) is 101 Å². The SMILES string of the molecule is CCCCP(=O)([O-])CCCC.CCCCP(=O)([O-])CCCC.CCCCP(=O)([O-])CCCC.CCCCP(=O)([O-])CCCC.[Mo+4]. The molecule has 8 nitrogen and oxygen atoms in total. The molecule has 0 saturated carbocycles. The van der Waals surface area contributed by atoms with Crippen LogP contribution < -0.4 is 19.6 Å². The van der Waals surface area contributed by atoms with Crippen LogP contribution in [0, 0.1) is 0 Å². The molecule has 0 rings (SSSR count). The van der Waals surface area contributed by atoms with Crippen molar-refractivity contribution in [2.75, 3.05) is 49.3 Å². The first kappa shape index (κ1) is 55.8. The van der Waals surface area contributed by atoms with Gasteiger partial charge >= 0.3 is 21.1 Å². The number of hydrogen-bond acceptors (Lipinski definition) is 8. The number of rotatable bonds is 24. The Morgan fingerprint density at radius 1 is 0.289 bits per heavy atom. The molecule has 45 heavy (non-hydrogen) atoms. The van der Waals surface area contributed by atoms with Gasteiger partial charge in [0.25, 0.3) is 0 Å². The predicted octanol–water partition coefficient (Wildman–Crippen LogP) is 8.90. The summed E-state index contributed by atoms with van der Waals surface area (Å²) < 4.78 is 44.7. The zero-order valence-corrected chi connectivity index (χ0v) is 36.0. The van der Waals surface area contributed by atoms with Crippen LogP contribution >= 0.6 is 29.5 Å². The molecular weight excluding hydrogens is 732 g/mol. The van der Waals surface area contributed by atoms with Gasteiger partial charge in [-0.3, -0.25) is 0 Å². The molecule has 0 aromatic heterocycles. The fourth-order valence-corrected chi connectivity index (χ4v) is 10.9. The zero-order chi connectivity index (χ0) is 35.0. The first-order valence-corrected chi connectivity index (χ1v) is 25.6. The molecule has 0 bridgehead atoms. The minimum absolute atomic E-state index is 0. The van der Waals surface area contributed by atoms with E-state index in [0.29, 0.717) is 49.3 Å². The van der Waals surface area contributed by atoms with E-state index >= 15 is 0 Å². The molecule has 0 fully saturated rings. The maximum Gasteiger partial charge on any atom is 4.00 e. The zero-order valence-electron chi connectivity index (χ0n) is 30.4. The van der Waals surface area contributed by atoms with Crippen molar-refractivity contribution >= 4 is 29.5 Å². The molecule has 274 valence electrons. The van der Waals surface area contributed by atoms with Gasteiger partial charge in [-0.25, -0.2) is 0 Å². The Kier molecular flexibility index (Phi) is 45.6. The van der Waals surface area contributed by atoms with Crippen LogP contribution in [0.15, 0.2) is 0 Å². The quantitative estimate of drug-likeness (QED) is 0.0691. The van der Waals surface area contributed by atoms with E-state index < -0.39 is 29.5 Å². The molecule has 0 aromatic rings. The third-order valence-electron chi connectivity index (χ3n) is 6.82. The molecule has 0 amide bonds. The van der Waals surface area contributed by atoms with Crippen molar-refractivity contribution in [2.24, 2.45) is 0 Å².